The van der Waals surface area contributed by atoms with Crippen molar-refractivity contribution in [2.75, 3.05) is 23.3 Å². The van der Waals surface area contributed by atoms with Crippen molar-refractivity contribution < 1.29 is 0 Å². The maximum absolute atomic E-state index is 5.78. The van der Waals surface area contributed by atoms with Gasteiger partial charge < -0.3 is 14.8 Å². The van der Waals surface area contributed by atoms with Gasteiger partial charge in [0.15, 0.2) is 0 Å². The topological polar surface area (TPSA) is 58.9 Å². The van der Waals surface area contributed by atoms with Crippen LogP contribution >= 0.6 is 11.6 Å². The molecule has 7 heteroatoms. The second kappa shape index (κ2) is 5.66. The molecule has 0 aliphatic carbocycles. The van der Waals surface area contributed by atoms with Crippen LogP contribution in [0.15, 0.2) is 24.8 Å². The average molecular weight is 293 g/mol. The van der Waals surface area contributed by atoms with Crippen LogP contribution in [0.5, 0.6) is 0 Å². The van der Waals surface area contributed by atoms with E-state index in [2.05, 4.69) is 29.7 Å². The molecule has 1 fully saturated rings. The van der Waals surface area contributed by atoms with Crippen LogP contribution in [-0.2, 0) is 7.05 Å². The number of nitrogens with zero attached hydrogens (tertiary/aromatic N) is 5. The highest BCUT2D eigenvalue weighted by Crippen LogP contribution is 2.19. The van der Waals surface area contributed by atoms with E-state index in [1.165, 1.54) is 0 Å². The summed E-state index contributed by atoms with van der Waals surface area (Å²) in [5.41, 5.74) is 0. The largest absolute Gasteiger partial charge is 0.351 e. The van der Waals surface area contributed by atoms with E-state index in [1.54, 1.807) is 12.4 Å². The predicted molar refractivity (Wildman–Crippen MR) is 79.1 cm³/mol. The van der Waals surface area contributed by atoms with Crippen LogP contribution in [0.2, 0.25) is 5.02 Å². The molecule has 1 aliphatic rings. The zero-order valence-corrected chi connectivity index (χ0v) is 12.1. The van der Waals surface area contributed by atoms with E-state index in [9.17, 15) is 0 Å². The molecule has 1 N–H and O–H groups in total. The minimum absolute atomic E-state index is 0.396. The number of imidazole rings is 1. The maximum atomic E-state index is 5.78. The highest BCUT2D eigenvalue weighted by Gasteiger charge is 2.21. The number of nitrogens with one attached hydrogen (secondary N) is 1. The molecule has 3 heterocycles. The van der Waals surface area contributed by atoms with Crippen LogP contribution in [0.1, 0.15) is 12.8 Å². The molecule has 0 aromatic carbocycles. The molecule has 0 bridgehead atoms. The SMILES string of the molecule is Cn1ccnc1N1CCC(Nc2ncc(Cl)cn2)CC1. The fourth-order valence-corrected chi connectivity index (χ4v) is 2.55. The minimum Gasteiger partial charge on any atom is -0.351 e. The Hall–Kier alpha value is -1.82. The van der Waals surface area contributed by atoms with Crippen LogP contribution in [0.3, 0.4) is 0 Å². The Labute approximate surface area is 122 Å². The second-order valence-electron chi connectivity index (χ2n) is 4.97. The number of rotatable bonds is 3. The smallest absolute Gasteiger partial charge is 0.222 e. The van der Waals surface area contributed by atoms with Crippen LogP contribution in [0.25, 0.3) is 0 Å². The third kappa shape index (κ3) is 2.85. The number of aromatic nitrogens is 4. The number of halogens is 1. The highest BCUT2D eigenvalue weighted by atomic mass is 35.5. The van der Waals surface area contributed by atoms with E-state index in [0.29, 0.717) is 17.0 Å². The van der Waals surface area contributed by atoms with E-state index >= 15 is 0 Å². The molecular formula is C13H17ClN6. The van der Waals surface area contributed by atoms with Crippen molar-refractivity contribution in [3.05, 3.63) is 29.8 Å². The Morgan fingerprint density at radius 3 is 2.50 bits per heavy atom. The summed E-state index contributed by atoms with van der Waals surface area (Å²) in [7, 11) is 2.02. The molecule has 1 aliphatic heterocycles. The molecular weight excluding hydrogens is 276 g/mol. The van der Waals surface area contributed by atoms with Gasteiger partial charge in [0.2, 0.25) is 11.9 Å². The van der Waals surface area contributed by atoms with Gasteiger partial charge >= 0.3 is 0 Å². The molecule has 0 unspecified atom stereocenters. The minimum atomic E-state index is 0.396. The van der Waals surface area contributed by atoms with Crippen molar-refractivity contribution >= 4 is 23.5 Å². The number of anilines is 2. The molecule has 3 rings (SSSR count). The number of piperidine rings is 1. The van der Waals surface area contributed by atoms with Gasteiger partial charge in [0, 0.05) is 38.6 Å². The molecule has 6 nitrogen and oxygen atoms in total. The van der Waals surface area contributed by atoms with Gasteiger partial charge in [-0.2, -0.15) is 0 Å². The molecule has 2 aromatic heterocycles. The van der Waals surface area contributed by atoms with Crippen molar-refractivity contribution in [3.63, 3.8) is 0 Å². The molecule has 106 valence electrons. The van der Waals surface area contributed by atoms with Crippen molar-refractivity contribution in [1.82, 2.24) is 19.5 Å². The molecule has 2 aromatic rings. The third-order valence-electron chi connectivity index (χ3n) is 3.53. The Morgan fingerprint density at radius 2 is 1.90 bits per heavy atom. The molecule has 1 saturated heterocycles. The second-order valence-corrected chi connectivity index (χ2v) is 5.41. The van der Waals surface area contributed by atoms with Gasteiger partial charge in [-0.15, -0.1) is 0 Å². The molecule has 0 atom stereocenters. The quantitative estimate of drug-likeness (QED) is 0.937. The first kappa shape index (κ1) is 13.2. The summed E-state index contributed by atoms with van der Waals surface area (Å²) in [6.45, 7) is 1.96. The number of aryl methyl sites for hydroxylation is 1. The van der Waals surface area contributed by atoms with Crippen molar-refractivity contribution in [1.29, 1.82) is 0 Å². The highest BCUT2D eigenvalue weighted by molar-refractivity contribution is 6.30. The summed E-state index contributed by atoms with van der Waals surface area (Å²) in [6.07, 6.45) is 9.11. The monoisotopic (exact) mass is 292 g/mol. The lowest BCUT2D eigenvalue weighted by Crippen LogP contribution is -2.40. The normalized spacial score (nSPS) is 16.4. The predicted octanol–water partition coefficient (Wildman–Crippen LogP) is 1.94. The van der Waals surface area contributed by atoms with Crippen LogP contribution in [0, 0.1) is 0 Å². The lowest BCUT2D eigenvalue weighted by Gasteiger charge is -2.32. The van der Waals surface area contributed by atoms with E-state index < -0.39 is 0 Å². The molecule has 0 radical (unpaired) electrons. The summed E-state index contributed by atoms with van der Waals surface area (Å²) < 4.78 is 2.05. The zero-order valence-electron chi connectivity index (χ0n) is 11.3. The first-order valence-corrected chi connectivity index (χ1v) is 7.06. The van der Waals surface area contributed by atoms with Crippen LogP contribution < -0.4 is 10.2 Å². The van der Waals surface area contributed by atoms with Gasteiger partial charge in [0.05, 0.1) is 17.4 Å². The first-order valence-electron chi connectivity index (χ1n) is 6.69. The lowest BCUT2D eigenvalue weighted by atomic mass is 10.1. The summed E-state index contributed by atoms with van der Waals surface area (Å²) in [5, 5.41) is 3.91. The van der Waals surface area contributed by atoms with Crippen LogP contribution in [-0.4, -0.2) is 38.7 Å². The van der Waals surface area contributed by atoms with Gasteiger partial charge in [0.25, 0.3) is 0 Å². The van der Waals surface area contributed by atoms with Gasteiger partial charge in [-0.3, -0.25) is 0 Å². The van der Waals surface area contributed by atoms with Gasteiger partial charge in [-0.25, -0.2) is 15.0 Å². The Bertz CT molecular complexity index is 558. The van der Waals surface area contributed by atoms with E-state index in [0.717, 1.165) is 31.9 Å². The maximum Gasteiger partial charge on any atom is 0.222 e. The molecule has 0 amide bonds. The van der Waals surface area contributed by atoms with Crippen molar-refractivity contribution in [2.45, 2.75) is 18.9 Å². The first-order chi connectivity index (χ1) is 9.72. The van der Waals surface area contributed by atoms with Gasteiger partial charge in [-0.05, 0) is 12.8 Å². The zero-order chi connectivity index (χ0) is 13.9. The van der Waals surface area contributed by atoms with E-state index in [1.807, 2.05) is 19.4 Å². The van der Waals surface area contributed by atoms with Crippen molar-refractivity contribution in [2.24, 2.45) is 7.05 Å². The standard InChI is InChI=1S/C13H17ClN6/c1-19-7-4-15-13(19)20-5-2-11(3-6-20)18-12-16-8-10(14)9-17-12/h4,7-9,11H,2-3,5-6H2,1H3,(H,16,17,18). The average Bonchev–Trinajstić information content (AvgIpc) is 2.89. The summed E-state index contributed by atoms with van der Waals surface area (Å²) >= 11 is 5.78. The number of hydrogen-bond acceptors (Lipinski definition) is 5. The molecule has 0 saturated carbocycles. The molecule has 0 spiro atoms. The Morgan fingerprint density at radius 1 is 1.20 bits per heavy atom. The third-order valence-corrected chi connectivity index (χ3v) is 3.72. The van der Waals surface area contributed by atoms with Gasteiger partial charge in [0.1, 0.15) is 0 Å². The molecule has 20 heavy (non-hydrogen) atoms. The number of hydrogen-bond donors (Lipinski definition) is 1. The van der Waals surface area contributed by atoms with Gasteiger partial charge in [-0.1, -0.05) is 11.6 Å². The fraction of sp³-hybridized carbons (Fsp3) is 0.462. The Balaban J connectivity index is 1.56. The summed E-state index contributed by atoms with van der Waals surface area (Å²) in [5.74, 6) is 1.68. The van der Waals surface area contributed by atoms with Crippen LogP contribution in [0.4, 0.5) is 11.9 Å². The summed E-state index contributed by atoms with van der Waals surface area (Å²) in [4.78, 5) is 15.0. The van der Waals surface area contributed by atoms with Crippen molar-refractivity contribution in [3.8, 4) is 0 Å². The lowest BCUT2D eigenvalue weighted by molar-refractivity contribution is 0.513. The van der Waals surface area contributed by atoms with E-state index in [4.69, 9.17) is 11.6 Å². The summed E-state index contributed by atoms with van der Waals surface area (Å²) in [6, 6.07) is 0.396. The van der Waals surface area contributed by atoms with E-state index in [-0.39, 0.29) is 0 Å². The Kier molecular flexibility index (Phi) is 3.73. The fourth-order valence-electron chi connectivity index (χ4n) is 2.46.